The molecule has 8 heteroatoms. The zero-order valence-corrected chi connectivity index (χ0v) is 10.1. The van der Waals surface area contributed by atoms with Gasteiger partial charge in [-0.25, -0.2) is 9.59 Å². The summed E-state index contributed by atoms with van der Waals surface area (Å²) >= 11 is 0. The first-order valence-corrected chi connectivity index (χ1v) is 5.61. The lowest BCUT2D eigenvalue weighted by atomic mass is 10.2. The monoisotopic (exact) mass is 259 g/mol. The van der Waals surface area contributed by atoms with Gasteiger partial charge in [0.05, 0.1) is 6.10 Å². The lowest BCUT2D eigenvalue weighted by Crippen LogP contribution is -2.50. The fraction of sp³-hybridized carbons (Fsp3) is 0.700. The minimum atomic E-state index is -1.17. The Hall–Kier alpha value is -1.83. The van der Waals surface area contributed by atoms with E-state index in [0.29, 0.717) is 0 Å². The van der Waals surface area contributed by atoms with E-state index in [4.69, 9.17) is 10.8 Å². The molecule has 3 amide bonds. The molecule has 2 atom stereocenters. The van der Waals surface area contributed by atoms with Gasteiger partial charge in [0, 0.05) is 19.5 Å². The van der Waals surface area contributed by atoms with Crippen molar-refractivity contribution in [3.63, 3.8) is 0 Å². The van der Waals surface area contributed by atoms with Crippen molar-refractivity contribution in [1.82, 2.24) is 9.80 Å². The fourth-order valence-electron chi connectivity index (χ4n) is 1.94. The highest BCUT2D eigenvalue weighted by atomic mass is 16.4. The standard InChI is InChI=1S/C10H17N3O5/c1-2-12(5-8(11)15)10(18)13-4-6(14)3-7(13)9(16)17/h6-7,14H,2-5H2,1H3,(H2,11,15)(H,16,17)/t6-,7+/m1/s1. The molecule has 1 aliphatic rings. The van der Waals surface area contributed by atoms with Crippen LogP contribution in [-0.2, 0) is 9.59 Å². The number of aliphatic hydroxyl groups is 1. The SMILES string of the molecule is CCN(CC(N)=O)C(=O)N1C[C@H](O)C[C@H]1C(=O)O. The van der Waals surface area contributed by atoms with Gasteiger partial charge in [-0.05, 0) is 6.92 Å². The molecule has 0 aromatic heterocycles. The molecule has 1 heterocycles. The van der Waals surface area contributed by atoms with Crippen molar-refractivity contribution in [1.29, 1.82) is 0 Å². The minimum Gasteiger partial charge on any atom is -0.480 e. The number of aliphatic carboxylic acids is 1. The van der Waals surface area contributed by atoms with Crippen LogP contribution in [0.15, 0.2) is 0 Å². The van der Waals surface area contributed by atoms with E-state index in [1.54, 1.807) is 6.92 Å². The summed E-state index contributed by atoms with van der Waals surface area (Å²) < 4.78 is 0. The number of β-amino-alcohol motifs (C(OH)–C–C–N with tert-alkyl or cyclic N) is 1. The Morgan fingerprint density at radius 1 is 1.44 bits per heavy atom. The average Bonchev–Trinajstić information content (AvgIpc) is 2.67. The van der Waals surface area contributed by atoms with E-state index >= 15 is 0 Å². The smallest absolute Gasteiger partial charge is 0.326 e. The van der Waals surface area contributed by atoms with Crippen LogP contribution >= 0.6 is 0 Å². The molecule has 1 fully saturated rings. The van der Waals surface area contributed by atoms with Gasteiger partial charge in [0.2, 0.25) is 5.91 Å². The van der Waals surface area contributed by atoms with Gasteiger partial charge >= 0.3 is 12.0 Å². The number of hydrogen-bond acceptors (Lipinski definition) is 4. The number of carbonyl (C=O) groups is 3. The normalized spacial score (nSPS) is 22.9. The summed E-state index contributed by atoms with van der Waals surface area (Å²) in [6, 6.07) is -1.66. The van der Waals surface area contributed by atoms with Gasteiger partial charge in [0.1, 0.15) is 12.6 Å². The lowest BCUT2D eigenvalue weighted by molar-refractivity contribution is -0.141. The predicted molar refractivity (Wildman–Crippen MR) is 60.6 cm³/mol. The van der Waals surface area contributed by atoms with Gasteiger partial charge in [0.25, 0.3) is 0 Å². The number of carbonyl (C=O) groups excluding carboxylic acids is 2. The second-order valence-electron chi connectivity index (χ2n) is 4.16. The number of primary amides is 1. The Morgan fingerprint density at radius 2 is 2.06 bits per heavy atom. The van der Waals surface area contributed by atoms with Crippen molar-refractivity contribution in [2.75, 3.05) is 19.6 Å². The number of urea groups is 1. The molecule has 0 aliphatic carbocycles. The number of nitrogens with zero attached hydrogens (tertiary/aromatic N) is 2. The van der Waals surface area contributed by atoms with Crippen molar-refractivity contribution in [3.8, 4) is 0 Å². The van der Waals surface area contributed by atoms with E-state index in [2.05, 4.69) is 0 Å². The molecule has 0 unspecified atom stereocenters. The van der Waals surface area contributed by atoms with Crippen molar-refractivity contribution in [3.05, 3.63) is 0 Å². The highest BCUT2D eigenvalue weighted by Crippen LogP contribution is 2.19. The van der Waals surface area contributed by atoms with Crippen molar-refractivity contribution in [2.24, 2.45) is 5.73 Å². The Balaban J connectivity index is 2.80. The number of likely N-dealkylation sites (tertiary alicyclic amines) is 1. The van der Waals surface area contributed by atoms with Crippen LogP contribution < -0.4 is 5.73 Å². The molecule has 0 aromatic carbocycles. The number of likely N-dealkylation sites (N-methyl/N-ethyl adjacent to an activating group) is 1. The van der Waals surface area contributed by atoms with Crippen LogP contribution in [0.25, 0.3) is 0 Å². The number of carboxylic acid groups (broad SMARTS) is 1. The van der Waals surface area contributed by atoms with Gasteiger partial charge < -0.3 is 25.7 Å². The number of hydrogen-bond donors (Lipinski definition) is 3. The molecule has 0 aromatic rings. The second kappa shape index (κ2) is 5.67. The van der Waals surface area contributed by atoms with Crippen LogP contribution in [-0.4, -0.2) is 69.7 Å². The Kier molecular flexibility index (Phi) is 4.49. The molecule has 1 saturated heterocycles. The van der Waals surface area contributed by atoms with Crippen LogP contribution in [0.3, 0.4) is 0 Å². The van der Waals surface area contributed by atoms with Crippen LogP contribution in [0, 0.1) is 0 Å². The van der Waals surface area contributed by atoms with Gasteiger partial charge in [0.15, 0.2) is 0 Å². The molecule has 1 rings (SSSR count). The number of amides is 3. The maximum Gasteiger partial charge on any atom is 0.326 e. The maximum absolute atomic E-state index is 12.0. The van der Waals surface area contributed by atoms with Crippen molar-refractivity contribution < 1.29 is 24.6 Å². The van der Waals surface area contributed by atoms with Crippen molar-refractivity contribution >= 4 is 17.9 Å². The highest BCUT2D eigenvalue weighted by molar-refractivity contribution is 5.86. The molecular formula is C10H17N3O5. The molecule has 0 spiro atoms. The summed E-state index contributed by atoms with van der Waals surface area (Å²) in [5, 5.41) is 18.4. The van der Waals surface area contributed by atoms with Gasteiger partial charge in [-0.3, -0.25) is 4.79 Å². The minimum absolute atomic E-state index is 0.00476. The van der Waals surface area contributed by atoms with Crippen LogP contribution in [0.4, 0.5) is 4.79 Å². The number of rotatable bonds is 4. The topological polar surface area (TPSA) is 124 Å². The molecule has 1 aliphatic heterocycles. The maximum atomic E-state index is 12.0. The Morgan fingerprint density at radius 3 is 2.50 bits per heavy atom. The van der Waals surface area contributed by atoms with E-state index in [-0.39, 0.29) is 26.1 Å². The zero-order valence-electron chi connectivity index (χ0n) is 10.1. The Bertz CT molecular complexity index is 359. The predicted octanol–water partition coefficient (Wildman–Crippen LogP) is -1.57. The first kappa shape index (κ1) is 14.2. The van der Waals surface area contributed by atoms with Gasteiger partial charge in [-0.15, -0.1) is 0 Å². The molecule has 0 radical (unpaired) electrons. The molecule has 8 nitrogen and oxygen atoms in total. The lowest BCUT2D eigenvalue weighted by Gasteiger charge is -2.28. The molecule has 0 bridgehead atoms. The van der Waals surface area contributed by atoms with Gasteiger partial charge in [-0.1, -0.05) is 0 Å². The number of aliphatic hydroxyl groups excluding tert-OH is 1. The summed E-state index contributed by atoms with van der Waals surface area (Å²) in [6.45, 7) is 1.57. The number of carboxylic acids is 1. The molecule has 4 N–H and O–H groups in total. The largest absolute Gasteiger partial charge is 0.480 e. The number of nitrogens with two attached hydrogens (primary N) is 1. The molecule has 18 heavy (non-hydrogen) atoms. The first-order chi connectivity index (χ1) is 8.36. The Labute approximate surface area is 104 Å². The van der Waals surface area contributed by atoms with E-state index in [9.17, 15) is 19.5 Å². The van der Waals surface area contributed by atoms with Crippen LogP contribution in [0.1, 0.15) is 13.3 Å². The first-order valence-electron chi connectivity index (χ1n) is 5.61. The second-order valence-corrected chi connectivity index (χ2v) is 4.16. The zero-order chi connectivity index (χ0) is 13.9. The fourth-order valence-corrected chi connectivity index (χ4v) is 1.94. The van der Waals surface area contributed by atoms with E-state index in [1.807, 2.05) is 0 Å². The quantitative estimate of drug-likeness (QED) is 0.563. The highest BCUT2D eigenvalue weighted by Gasteiger charge is 2.40. The summed E-state index contributed by atoms with van der Waals surface area (Å²) in [7, 11) is 0. The van der Waals surface area contributed by atoms with E-state index in [0.717, 1.165) is 9.80 Å². The van der Waals surface area contributed by atoms with E-state index < -0.39 is 30.1 Å². The van der Waals surface area contributed by atoms with Crippen LogP contribution in [0.2, 0.25) is 0 Å². The average molecular weight is 259 g/mol. The van der Waals surface area contributed by atoms with Crippen LogP contribution in [0.5, 0.6) is 0 Å². The summed E-state index contributed by atoms with van der Waals surface area (Å²) in [6.07, 6.45) is -0.864. The van der Waals surface area contributed by atoms with E-state index in [1.165, 1.54) is 0 Å². The summed E-state index contributed by atoms with van der Waals surface area (Å²) in [5.74, 6) is -1.84. The van der Waals surface area contributed by atoms with Gasteiger partial charge in [-0.2, -0.15) is 0 Å². The summed E-state index contributed by atoms with van der Waals surface area (Å²) in [4.78, 5) is 36.0. The molecule has 102 valence electrons. The summed E-state index contributed by atoms with van der Waals surface area (Å²) in [5.41, 5.74) is 5.01. The molecule has 0 saturated carbocycles. The third-order valence-electron chi connectivity index (χ3n) is 2.81. The van der Waals surface area contributed by atoms with Crippen molar-refractivity contribution in [2.45, 2.75) is 25.5 Å². The third-order valence-corrected chi connectivity index (χ3v) is 2.81. The third kappa shape index (κ3) is 3.10. The molecular weight excluding hydrogens is 242 g/mol.